The topological polar surface area (TPSA) is 15.3 Å². The molecule has 0 atom stereocenters. The third-order valence-corrected chi connectivity index (χ3v) is 3.93. The molecule has 0 unspecified atom stereocenters. The molecule has 1 aliphatic heterocycles. The van der Waals surface area contributed by atoms with Gasteiger partial charge < -0.3 is 10.2 Å². The minimum atomic E-state index is 0.834. The summed E-state index contributed by atoms with van der Waals surface area (Å²) in [4.78, 5) is 2.47. The van der Waals surface area contributed by atoms with Crippen molar-refractivity contribution in [2.45, 2.75) is 26.3 Å². The van der Waals surface area contributed by atoms with Crippen molar-refractivity contribution in [2.75, 3.05) is 25.0 Å². The Hall–Kier alpha value is -0.730. The molecule has 0 radical (unpaired) electrons. The first-order valence-electron chi connectivity index (χ1n) is 6.39. The molecular weight excluding hydrogens is 232 g/mol. The van der Waals surface area contributed by atoms with Crippen molar-refractivity contribution in [1.29, 1.82) is 0 Å². The van der Waals surface area contributed by atoms with E-state index in [1.165, 1.54) is 24.1 Å². The SMILES string of the molecule is CNCc1c(Cl)cccc1N1CCC(C)CC1. The average Bonchev–Trinajstić information content (AvgIpc) is 2.33. The average molecular weight is 253 g/mol. The van der Waals surface area contributed by atoms with Gasteiger partial charge in [0.15, 0.2) is 0 Å². The van der Waals surface area contributed by atoms with Gasteiger partial charge in [-0.2, -0.15) is 0 Å². The first-order chi connectivity index (χ1) is 8.22. The van der Waals surface area contributed by atoms with Crippen LogP contribution in [-0.2, 0) is 6.54 Å². The summed E-state index contributed by atoms with van der Waals surface area (Å²) in [5.74, 6) is 0.859. The van der Waals surface area contributed by atoms with Gasteiger partial charge in [-0.3, -0.25) is 0 Å². The van der Waals surface area contributed by atoms with E-state index in [0.29, 0.717) is 0 Å². The first-order valence-corrected chi connectivity index (χ1v) is 6.77. The Morgan fingerprint density at radius 3 is 2.71 bits per heavy atom. The lowest BCUT2D eigenvalue weighted by molar-refractivity contribution is 0.438. The van der Waals surface area contributed by atoms with Crippen LogP contribution < -0.4 is 10.2 Å². The fraction of sp³-hybridized carbons (Fsp3) is 0.571. The fourth-order valence-electron chi connectivity index (χ4n) is 2.44. The van der Waals surface area contributed by atoms with Crippen LogP contribution in [0.3, 0.4) is 0 Å². The van der Waals surface area contributed by atoms with Crippen LogP contribution in [0, 0.1) is 5.92 Å². The third-order valence-electron chi connectivity index (χ3n) is 3.57. The van der Waals surface area contributed by atoms with E-state index in [2.05, 4.69) is 29.3 Å². The Morgan fingerprint density at radius 1 is 1.35 bits per heavy atom. The molecule has 1 fully saturated rings. The van der Waals surface area contributed by atoms with Crippen LogP contribution in [-0.4, -0.2) is 20.1 Å². The number of benzene rings is 1. The molecule has 0 saturated carbocycles. The second kappa shape index (κ2) is 5.74. The standard InChI is InChI=1S/C14H21ClN2/c1-11-6-8-17(9-7-11)14-5-3-4-13(15)12(14)10-16-2/h3-5,11,16H,6-10H2,1-2H3. The van der Waals surface area contributed by atoms with Gasteiger partial charge in [-0.05, 0) is 37.9 Å². The van der Waals surface area contributed by atoms with Gasteiger partial charge in [0.1, 0.15) is 0 Å². The van der Waals surface area contributed by atoms with E-state index in [-0.39, 0.29) is 0 Å². The summed E-state index contributed by atoms with van der Waals surface area (Å²) in [7, 11) is 1.96. The van der Waals surface area contributed by atoms with Crippen LogP contribution in [0.15, 0.2) is 18.2 Å². The number of nitrogens with zero attached hydrogens (tertiary/aromatic N) is 1. The predicted octanol–water partition coefficient (Wildman–Crippen LogP) is 3.30. The normalized spacial score (nSPS) is 17.5. The maximum absolute atomic E-state index is 6.29. The van der Waals surface area contributed by atoms with Crippen LogP contribution in [0.5, 0.6) is 0 Å². The minimum Gasteiger partial charge on any atom is -0.371 e. The molecule has 1 saturated heterocycles. The van der Waals surface area contributed by atoms with Crippen molar-refractivity contribution in [1.82, 2.24) is 5.32 Å². The monoisotopic (exact) mass is 252 g/mol. The lowest BCUT2D eigenvalue weighted by atomic mass is 9.98. The van der Waals surface area contributed by atoms with Crippen molar-refractivity contribution in [3.05, 3.63) is 28.8 Å². The van der Waals surface area contributed by atoms with Crippen molar-refractivity contribution in [3.8, 4) is 0 Å². The Bertz CT molecular complexity index is 370. The van der Waals surface area contributed by atoms with Gasteiger partial charge in [-0.15, -0.1) is 0 Å². The highest BCUT2D eigenvalue weighted by Crippen LogP contribution is 2.30. The number of anilines is 1. The van der Waals surface area contributed by atoms with Gasteiger partial charge in [-0.25, -0.2) is 0 Å². The second-order valence-electron chi connectivity index (χ2n) is 4.94. The number of rotatable bonds is 3. The highest BCUT2D eigenvalue weighted by Gasteiger charge is 2.18. The Labute approximate surface area is 109 Å². The van der Waals surface area contributed by atoms with E-state index in [4.69, 9.17) is 11.6 Å². The summed E-state index contributed by atoms with van der Waals surface area (Å²) in [6.45, 7) is 5.47. The van der Waals surface area contributed by atoms with Crippen molar-refractivity contribution >= 4 is 17.3 Å². The van der Waals surface area contributed by atoms with Crippen LogP contribution in [0.2, 0.25) is 5.02 Å². The summed E-state index contributed by atoms with van der Waals surface area (Å²) >= 11 is 6.29. The number of halogens is 1. The molecule has 0 spiro atoms. The van der Waals surface area contributed by atoms with Gasteiger partial charge in [0.25, 0.3) is 0 Å². The molecule has 94 valence electrons. The molecule has 2 nitrogen and oxygen atoms in total. The molecule has 1 heterocycles. The zero-order chi connectivity index (χ0) is 12.3. The number of hydrogen-bond acceptors (Lipinski definition) is 2. The number of nitrogens with one attached hydrogen (secondary N) is 1. The lowest BCUT2D eigenvalue weighted by Gasteiger charge is -2.33. The van der Waals surface area contributed by atoms with E-state index < -0.39 is 0 Å². The third kappa shape index (κ3) is 2.93. The molecule has 0 amide bonds. The summed E-state index contributed by atoms with van der Waals surface area (Å²) in [6.07, 6.45) is 2.57. The largest absolute Gasteiger partial charge is 0.371 e. The zero-order valence-electron chi connectivity index (χ0n) is 10.7. The maximum atomic E-state index is 6.29. The highest BCUT2D eigenvalue weighted by atomic mass is 35.5. The van der Waals surface area contributed by atoms with Crippen LogP contribution in [0.4, 0.5) is 5.69 Å². The van der Waals surface area contributed by atoms with Gasteiger partial charge in [0.2, 0.25) is 0 Å². The van der Waals surface area contributed by atoms with Crippen molar-refractivity contribution in [3.63, 3.8) is 0 Å². The molecule has 0 aromatic heterocycles. The number of hydrogen-bond donors (Lipinski definition) is 1. The lowest BCUT2D eigenvalue weighted by Crippen LogP contribution is -2.33. The van der Waals surface area contributed by atoms with Crippen LogP contribution in [0.25, 0.3) is 0 Å². The van der Waals surface area contributed by atoms with E-state index in [1.54, 1.807) is 0 Å². The van der Waals surface area contributed by atoms with Gasteiger partial charge in [0, 0.05) is 35.9 Å². The van der Waals surface area contributed by atoms with E-state index in [0.717, 1.165) is 30.6 Å². The summed E-state index contributed by atoms with van der Waals surface area (Å²) in [5.41, 5.74) is 2.53. The molecule has 3 heteroatoms. The fourth-order valence-corrected chi connectivity index (χ4v) is 2.68. The second-order valence-corrected chi connectivity index (χ2v) is 5.34. The molecule has 1 N–H and O–H groups in total. The zero-order valence-corrected chi connectivity index (χ0v) is 11.4. The Balaban J connectivity index is 2.22. The van der Waals surface area contributed by atoms with Gasteiger partial charge in [-0.1, -0.05) is 24.6 Å². The smallest absolute Gasteiger partial charge is 0.0471 e. The quantitative estimate of drug-likeness (QED) is 0.888. The first kappa shape index (κ1) is 12.7. The van der Waals surface area contributed by atoms with E-state index in [1.807, 2.05) is 13.1 Å². The van der Waals surface area contributed by atoms with Crippen LogP contribution >= 0.6 is 11.6 Å². The maximum Gasteiger partial charge on any atom is 0.0471 e. The van der Waals surface area contributed by atoms with Crippen LogP contribution in [0.1, 0.15) is 25.3 Å². The minimum absolute atomic E-state index is 0.834. The van der Waals surface area contributed by atoms with Gasteiger partial charge >= 0.3 is 0 Å². The molecule has 1 aliphatic rings. The summed E-state index contributed by atoms with van der Waals surface area (Å²) in [5, 5.41) is 4.07. The molecule has 2 rings (SSSR count). The molecule has 1 aromatic carbocycles. The van der Waals surface area contributed by atoms with E-state index >= 15 is 0 Å². The molecular formula is C14H21ClN2. The predicted molar refractivity (Wildman–Crippen MR) is 74.8 cm³/mol. The Morgan fingerprint density at radius 2 is 2.06 bits per heavy atom. The van der Waals surface area contributed by atoms with Crippen molar-refractivity contribution in [2.24, 2.45) is 5.92 Å². The molecule has 0 aliphatic carbocycles. The van der Waals surface area contributed by atoms with Crippen molar-refractivity contribution < 1.29 is 0 Å². The summed E-state index contributed by atoms with van der Waals surface area (Å²) in [6, 6.07) is 6.22. The highest BCUT2D eigenvalue weighted by molar-refractivity contribution is 6.31. The Kier molecular flexibility index (Phi) is 4.30. The molecule has 17 heavy (non-hydrogen) atoms. The number of piperidine rings is 1. The van der Waals surface area contributed by atoms with Gasteiger partial charge in [0.05, 0.1) is 0 Å². The molecule has 1 aromatic rings. The summed E-state index contributed by atoms with van der Waals surface area (Å²) < 4.78 is 0. The van der Waals surface area contributed by atoms with E-state index in [9.17, 15) is 0 Å². The molecule has 0 bridgehead atoms.